The van der Waals surface area contributed by atoms with Crippen LogP contribution in [-0.4, -0.2) is 14.1 Å². The van der Waals surface area contributed by atoms with Crippen LogP contribution in [0.25, 0.3) is 124 Å². The Morgan fingerprint density at radius 1 is 0.475 bits per heavy atom. The molecule has 0 atom stereocenters. The average molecular weight is 792 g/mol. The predicted molar refractivity (Wildman–Crippen MR) is 254 cm³/mol. The molecule has 0 radical (unpaired) electrons. The molecule has 4 heterocycles. The highest BCUT2D eigenvalue weighted by molar-refractivity contribution is 7.26. The maximum absolute atomic E-state index is 11.7. The SMILES string of the molecule is [C-]#[N+]c1c(-c2ccccc2)c(C#N)c(-n2c3ccccc3c3c4c(ccc32)sc2ccccc24)c(-c2ccccc2)c1-n1c2cccc3c4ccncc4c4cccc1c4c32. The Bertz CT molecular complexity index is 3980. The first-order chi connectivity index (χ1) is 30.2. The topological polar surface area (TPSA) is 50.9 Å². The van der Waals surface area contributed by atoms with E-state index in [4.69, 9.17) is 0 Å². The first-order valence-corrected chi connectivity index (χ1v) is 21.0. The number of benzene rings is 9. The van der Waals surface area contributed by atoms with Crippen LogP contribution in [0.5, 0.6) is 0 Å². The van der Waals surface area contributed by atoms with Crippen molar-refractivity contribution in [1.82, 2.24) is 14.1 Å². The third-order valence-corrected chi connectivity index (χ3v) is 13.7. The normalized spacial score (nSPS) is 11.9. The van der Waals surface area contributed by atoms with Crippen LogP contribution < -0.4 is 0 Å². The smallest absolute Gasteiger partial charge is 0.220 e. The average Bonchev–Trinajstić information content (AvgIpc) is 3.99. The van der Waals surface area contributed by atoms with Crippen LogP contribution in [0.1, 0.15) is 5.56 Å². The summed E-state index contributed by atoms with van der Waals surface area (Å²) in [4.78, 5) is 9.06. The Morgan fingerprint density at radius 2 is 1.05 bits per heavy atom. The Balaban J connectivity index is 1.32. The van der Waals surface area contributed by atoms with Gasteiger partial charge in [0.1, 0.15) is 6.07 Å². The molecule has 4 aromatic heterocycles. The summed E-state index contributed by atoms with van der Waals surface area (Å²) in [5.74, 6) is 0. The van der Waals surface area contributed by atoms with Crippen molar-refractivity contribution < 1.29 is 0 Å². The van der Waals surface area contributed by atoms with E-state index in [0.717, 1.165) is 93.2 Å². The Labute approximate surface area is 353 Å². The van der Waals surface area contributed by atoms with Gasteiger partial charge >= 0.3 is 0 Å². The molecule has 13 rings (SSSR count). The summed E-state index contributed by atoms with van der Waals surface area (Å²) in [5, 5.41) is 23.2. The highest BCUT2D eigenvalue weighted by atomic mass is 32.1. The number of hydrogen-bond acceptors (Lipinski definition) is 3. The molecule has 0 bridgehead atoms. The van der Waals surface area contributed by atoms with Gasteiger partial charge in [-0.05, 0) is 69.8 Å². The Kier molecular flexibility index (Phi) is 6.96. The summed E-state index contributed by atoms with van der Waals surface area (Å²) in [5.41, 5.74) is 9.46. The van der Waals surface area contributed by atoms with E-state index in [-0.39, 0.29) is 0 Å². The molecule has 0 unspecified atom stereocenters. The van der Waals surface area contributed by atoms with Crippen molar-refractivity contribution in [3.63, 3.8) is 0 Å². The zero-order valence-corrected chi connectivity index (χ0v) is 33.2. The van der Waals surface area contributed by atoms with Gasteiger partial charge in [-0.25, -0.2) is 4.85 Å². The fourth-order valence-corrected chi connectivity index (χ4v) is 11.4. The van der Waals surface area contributed by atoms with Crippen LogP contribution in [-0.2, 0) is 0 Å². The number of hydrogen-bond donors (Lipinski definition) is 0. The lowest BCUT2D eigenvalue weighted by atomic mass is 9.88. The molecule has 0 saturated heterocycles. The third-order valence-electron chi connectivity index (χ3n) is 12.6. The molecular weight excluding hydrogens is 763 g/mol. The van der Waals surface area contributed by atoms with Gasteiger partial charge in [0.15, 0.2) is 0 Å². The maximum atomic E-state index is 11.7. The van der Waals surface area contributed by atoms with Crippen LogP contribution in [0.15, 0.2) is 176 Å². The monoisotopic (exact) mass is 791 g/mol. The van der Waals surface area contributed by atoms with Crippen molar-refractivity contribution in [2.45, 2.75) is 0 Å². The van der Waals surface area contributed by atoms with E-state index in [9.17, 15) is 11.8 Å². The summed E-state index contributed by atoms with van der Waals surface area (Å²) in [6.07, 6.45) is 3.83. The molecule has 0 fully saturated rings. The fraction of sp³-hybridized carbons (Fsp3) is 0. The molecule has 5 nitrogen and oxygen atoms in total. The second-order valence-electron chi connectivity index (χ2n) is 15.6. The van der Waals surface area contributed by atoms with Crippen molar-refractivity contribution in [2.24, 2.45) is 0 Å². The summed E-state index contributed by atoms with van der Waals surface area (Å²) < 4.78 is 7.07. The van der Waals surface area contributed by atoms with E-state index in [0.29, 0.717) is 16.8 Å². The molecule has 0 aliphatic heterocycles. The second kappa shape index (κ2) is 12.6. The summed E-state index contributed by atoms with van der Waals surface area (Å²) >= 11 is 1.81. The lowest BCUT2D eigenvalue weighted by Crippen LogP contribution is -2.08. The summed E-state index contributed by atoms with van der Waals surface area (Å²) in [7, 11) is 0. The van der Waals surface area contributed by atoms with Crippen LogP contribution in [0, 0.1) is 17.9 Å². The molecule has 9 aromatic carbocycles. The van der Waals surface area contributed by atoms with Gasteiger partial charge < -0.3 is 9.13 Å². The highest BCUT2D eigenvalue weighted by Crippen LogP contribution is 2.54. The van der Waals surface area contributed by atoms with Gasteiger partial charge in [-0.2, -0.15) is 5.26 Å². The van der Waals surface area contributed by atoms with Gasteiger partial charge in [0.2, 0.25) is 5.69 Å². The van der Waals surface area contributed by atoms with Crippen molar-refractivity contribution in [3.05, 3.63) is 193 Å². The zero-order valence-electron chi connectivity index (χ0n) is 32.4. The minimum atomic E-state index is 0.422. The fourth-order valence-electron chi connectivity index (χ4n) is 10.3. The predicted octanol–water partition coefficient (Wildman–Crippen LogP) is 15.1. The van der Waals surface area contributed by atoms with Crippen molar-refractivity contribution >= 4 is 102 Å². The van der Waals surface area contributed by atoms with E-state index in [1.807, 2.05) is 60.9 Å². The van der Waals surface area contributed by atoms with Crippen LogP contribution >= 0.6 is 11.3 Å². The van der Waals surface area contributed by atoms with Gasteiger partial charge in [-0.15, -0.1) is 11.3 Å². The molecule has 0 N–H and O–H groups in total. The van der Waals surface area contributed by atoms with Gasteiger partial charge in [0.25, 0.3) is 0 Å². The standard InChI is InChI=1S/C55H29N5S/c1-57-53-47(32-14-4-2-5-15-32)39(30-56)54(59-41-22-10-8-18-37(41)51-44(59)26-27-46-52(51)38-19-9-11-25-45(38)61-46)48(33-16-6-3-7-17-33)55(53)60-42-23-12-20-35-34-28-29-58-31-40(34)36-21-13-24-43(60)50(36)49(35)42/h2-29,31H. The molecule has 13 aromatic rings. The molecule has 0 spiro atoms. The number of para-hydroxylation sites is 1. The molecule has 280 valence electrons. The number of thiophene rings is 1. The molecule has 61 heavy (non-hydrogen) atoms. The van der Waals surface area contributed by atoms with E-state index >= 15 is 0 Å². The number of fused-ring (bicyclic) bond motifs is 10. The number of nitrogens with zero attached hydrogens (tertiary/aromatic N) is 5. The second-order valence-corrected chi connectivity index (χ2v) is 16.6. The minimum Gasteiger partial charge on any atom is -0.318 e. The molecular formula is C55H29N5S. The van der Waals surface area contributed by atoms with Crippen molar-refractivity contribution in [2.75, 3.05) is 0 Å². The molecule has 0 amide bonds. The molecule has 6 heteroatoms. The molecule has 0 aliphatic rings. The van der Waals surface area contributed by atoms with E-state index in [2.05, 4.69) is 140 Å². The number of rotatable bonds is 4. The van der Waals surface area contributed by atoms with E-state index < -0.39 is 0 Å². The first-order valence-electron chi connectivity index (χ1n) is 20.2. The van der Waals surface area contributed by atoms with Gasteiger partial charge in [-0.1, -0.05) is 121 Å². The molecule has 0 aliphatic carbocycles. The largest absolute Gasteiger partial charge is 0.318 e. The van der Waals surface area contributed by atoms with Crippen LogP contribution in [0.2, 0.25) is 0 Å². The first kappa shape index (κ1) is 33.7. The number of aromatic nitrogens is 3. The van der Waals surface area contributed by atoms with Gasteiger partial charge in [0.05, 0.1) is 45.6 Å². The quantitative estimate of drug-likeness (QED) is 0.132. The highest BCUT2D eigenvalue weighted by Gasteiger charge is 2.32. The van der Waals surface area contributed by atoms with Crippen molar-refractivity contribution in [1.29, 1.82) is 5.26 Å². The van der Waals surface area contributed by atoms with E-state index in [1.165, 1.54) is 20.2 Å². The van der Waals surface area contributed by atoms with Gasteiger partial charge in [-0.3, -0.25) is 4.98 Å². The Morgan fingerprint density at radius 3 is 1.77 bits per heavy atom. The van der Waals surface area contributed by atoms with Crippen LogP contribution in [0.3, 0.4) is 0 Å². The lowest BCUT2D eigenvalue weighted by Gasteiger charge is -2.25. The van der Waals surface area contributed by atoms with Gasteiger partial charge in [0, 0.05) is 70.6 Å². The summed E-state index contributed by atoms with van der Waals surface area (Å²) in [6.45, 7) is 9.17. The van der Waals surface area contributed by atoms with Crippen molar-refractivity contribution in [3.8, 4) is 39.7 Å². The third kappa shape index (κ3) is 4.44. The maximum Gasteiger partial charge on any atom is 0.220 e. The zero-order chi connectivity index (χ0) is 40.3. The number of pyridine rings is 1. The lowest BCUT2D eigenvalue weighted by molar-refractivity contribution is 1.13. The van der Waals surface area contributed by atoms with E-state index in [1.54, 1.807) is 11.3 Å². The van der Waals surface area contributed by atoms with Crippen LogP contribution in [0.4, 0.5) is 5.69 Å². The summed E-state index contributed by atoms with van der Waals surface area (Å²) in [6, 6.07) is 59.8. The Hall–Kier alpha value is -8.29. The molecule has 0 saturated carbocycles. The minimum absolute atomic E-state index is 0.422. The number of nitriles is 1.